The predicted octanol–water partition coefficient (Wildman–Crippen LogP) is 5.11. The second-order valence-electron chi connectivity index (χ2n) is 4.82. The molecule has 1 aromatic carbocycles. The van der Waals surface area contributed by atoms with Gasteiger partial charge in [0, 0.05) is 23.2 Å². The van der Waals surface area contributed by atoms with Crippen molar-refractivity contribution >= 4 is 17.0 Å². The minimum atomic E-state index is 1.06. The SMILES string of the molecule is CCCCCCNc1cccc(-c2csc(C)n2)c1. The van der Waals surface area contributed by atoms with Gasteiger partial charge in [0.15, 0.2) is 0 Å². The van der Waals surface area contributed by atoms with Crippen molar-refractivity contribution in [3.63, 3.8) is 0 Å². The number of thiazole rings is 1. The number of hydrogen-bond donors (Lipinski definition) is 1. The van der Waals surface area contributed by atoms with Gasteiger partial charge in [-0.25, -0.2) is 4.98 Å². The Balaban J connectivity index is 1.92. The van der Waals surface area contributed by atoms with Crippen LogP contribution in [0, 0.1) is 6.92 Å². The number of anilines is 1. The quantitative estimate of drug-likeness (QED) is 0.710. The predicted molar refractivity (Wildman–Crippen MR) is 84.9 cm³/mol. The van der Waals surface area contributed by atoms with Gasteiger partial charge < -0.3 is 5.32 Å². The molecule has 1 heterocycles. The van der Waals surface area contributed by atoms with E-state index < -0.39 is 0 Å². The molecule has 0 aliphatic rings. The molecule has 0 aliphatic heterocycles. The zero-order valence-electron chi connectivity index (χ0n) is 11.8. The van der Waals surface area contributed by atoms with Crippen LogP contribution in [-0.2, 0) is 0 Å². The number of rotatable bonds is 7. The van der Waals surface area contributed by atoms with Gasteiger partial charge in [-0.1, -0.05) is 38.3 Å². The first-order valence-electron chi connectivity index (χ1n) is 7.06. The van der Waals surface area contributed by atoms with Gasteiger partial charge in [-0.15, -0.1) is 11.3 Å². The zero-order valence-corrected chi connectivity index (χ0v) is 12.6. The first kappa shape index (κ1) is 14.1. The van der Waals surface area contributed by atoms with Crippen LogP contribution in [0.3, 0.4) is 0 Å². The van der Waals surface area contributed by atoms with Gasteiger partial charge in [-0.3, -0.25) is 0 Å². The van der Waals surface area contributed by atoms with Gasteiger partial charge in [0.05, 0.1) is 10.7 Å². The van der Waals surface area contributed by atoms with E-state index >= 15 is 0 Å². The van der Waals surface area contributed by atoms with E-state index in [0.29, 0.717) is 0 Å². The molecule has 0 radical (unpaired) electrons. The minimum Gasteiger partial charge on any atom is -0.385 e. The normalized spacial score (nSPS) is 10.6. The molecular weight excluding hydrogens is 252 g/mol. The molecule has 2 aromatic rings. The van der Waals surface area contributed by atoms with Crippen molar-refractivity contribution in [2.45, 2.75) is 39.5 Å². The fourth-order valence-electron chi connectivity index (χ4n) is 2.07. The number of aromatic nitrogens is 1. The highest BCUT2D eigenvalue weighted by molar-refractivity contribution is 7.09. The fraction of sp³-hybridized carbons (Fsp3) is 0.438. The van der Waals surface area contributed by atoms with Crippen LogP contribution < -0.4 is 5.32 Å². The molecule has 0 spiro atoms. The van der Waals surface area contributed by atoms with Crippen LogP contribution in [0.5, 0.6) is 0 Å². The molecule has 0 unspecified atom stereocenters. The zero-order chi connectivity index (χ0) is 13.5. The molecule has 102 valence electrons. The maximum atomic E-state index is 4.53. The van der Waals surface area contributed by atoms with Crippen LogP contribution in [0.25, 0.3) is 11.3 Å². The number of nitrogens with zero attached hydrogens (tertiary/aromatic N) is 1. The Morgan fingerprint density at radius 3 is 2.84 bits per heavy atom. The average Bonchev–Trinajstić information content (AvgIpc) is 2.86. The third-order valence-corrected chi connectivity index (χ3v) is 3.91. The molecule has 2 rings (SSSR count). The van der Waals surface area contributed by atoms with Gasteiger partial charge in [-0.2, -0.15) is 0 Å². The lowest BCUT2D eigenvalue weighted by Crippen LogP contribution is -2.01. The number of nitrogens with one attached hydrogen (secondary N) is 1. The molecule has 3 heteroatoms. The molecule has 1 aromatic heterocycles. The van der Waals surface area contributed by atoms with Gasteiger partial charge in [-0.05, 0) is 25.5 Å². The summed E-state index contributed by atoms with van der Waals surface area (Å²) in [7, 11) is 0. The molecule has 0 saturated heterocycles. The van der Waals surface area contributed by atoms with Crippen LogP contribution in [-0.4, -0.2) is 11.5 Å². The molecular formula is C16H22N2S. The third kappa shape index (κ3) is 4.35. The second kappa shape index (κ2) is 7.29. The van der Waals surface area contributed by atoms with E-state index in [4.69, 9.17) is 0 Å². The lowest BCUT2D eigenvalue weighted by molar-refractivity contribution is 0.685. The van der Waals surface area contributed by atoms with Crippen molar-refractivity contribution in [1.82, 2.24) is 4.98 Å². The van der Waals surface area contributed by atoms with Crippen molar-refractivity contribution in [3.8, 4) is 11.3 Å². The second-order valence-corrected chi connectivity index (χ2v) is 5.88. The Kier molecular flexibility index (Phi) is 5.40. The Labute approximate surface area is 119 Å². The topological polar surface area (TPSA) is 24.9 Å². The molecule has 2 nitrogen and oxygen atoms in total. The summed E-state index contributed by atoms with van der Waals surface area (Å²) in [6.07, 6.45) is 5.18. The maximum Gasteiger partial charge on any atom is 0.0901 e. The fourth-order valence-corrected chi connectivity index (χ4v) is 2.69. The van der Waals surface area contributed by atoms with E-state index in [1.165, 1.54) is 36.9 Å². The highest BCUT2D eigenvalue weighted by atomic mass is 32.1. The maximum absolute atomic E-state index is 4.53. The molecule has 0 atom stereocenters. The largest absolute Gasteiger partial charge is 0.385 e. The number of unbranched alkanes of at least 4 members (excludes halogenated alkanes) is 3. The summed E-state index contributed by atoms with van der Waals surface area (Å²) in [6, 6.07) is 8.53. The highest BCUT2D eigenvalue weighted by Crippen LogP contribution is 2.24. The van der Waals surface area contributed by atoms with Crippen molar-refractivity contribution < 1.29 is 0 Å². The van der Waals surface area contributed by atoms with E-state index in [-0.39, 0.29) is 0 Å². The molecule has 0 bridgehead atoms. The van der Waals surface area contributed by atoms with Gasteiger partial charge in [0.25, 0.3) is 0 Å². The van der Waals surface area contributed by atoms with E-state index in [2.05, 4.69) is 46.9 Å². The monoisotopic (exact) mass is 274 g/mol. The molecule has 0 fully saturated rings. The lowest BCUT2D eigenvalue weighted by Gasteiger charge is -2.07. The summed E-state index contributed by atoms with van der Waals surface area (Å²) in [6.45, 7) is 5.34. The molecule has 0 aliphatic carbocycles. The molecule has 1 N–H and O–H groups in total. The summed E-state index contributed by atoms with van der Waals surface area (Å²) < 4.78 is 0. The average molecular weight is 274 g/mol. The van der Waals surface area contributed by atoms with Crippen molar-refractivity contribution in [1.29, 1.82) is 0 Å². The summed E-state index contributed by atoms with van der Waals surface area (Å²) >= 11 is 1.70. The van der Waals surface area contributed by atoms with E-state index in [1.54, 1.807) is 11.3 Å². The van der Waals surface area contributed by atoms with Crippen LogP contribution in [0.2, 0.25) is 0 Å². The minimum absolute atomic E-state index is 1.06. The number of benzene rings is 1. The van der Waals surface area contributed by atoms with Crippen LogP contribution in [0.4, 0.5) is 5.69 Å². The van der Waals surface area contributed by atoms with Crippen molar-refractivity contribution in [2.24, 2.45) is 0 Å². The van der Waals surface area contributed by atoms with Gasteiger partial charge in [0.1, 0.15) is 0 Å². The van der Waals surface area contributed by atoms with Crippen LogP contribution in [0.15, 0.2) is 29.6 Å². The Hall–Kier alpha value is -1.35. The number of hydrogen-bond acceptors (Lipinski definition) is 3. The summed E-state index contributed by atoms with van der Waals surface area (Å²) in [5.74, 6) is 0. The summed E-state index contributed by atoms with van der Waals surface area (Å²) in [5, 5.41) is 6.74. The smallest absolute Gasteiger partial charge is 0.0901 e. The first-order valence-corrected chi connectivity index (χ1v) is 7.94. The van der Waals surface area contributed by atoms with Crippen LogP contribution in [0.1, 0.15) is 37.6 Å². The van der Waals surface area contributed by atoms with Crippen molar-refractivity contribution in [3.05, 3.63) is 34.7 Å². The van der Waals surface area contributed by atoms with E-state index in [9.17, 15) is 0 Å². The first-order chi connectivity index (χ1) is 9.29. The lowest BCUT2D eigenvalue weighted by atomic mass is 10.1. The third-order valence-electron chi connectivity index (χ3n) is 3.14. The van der Waals surface area contributed by atoms with Crippen LogP contribution >= 0.6 is 11.3 Å². The molecule has 0 saturated carbocycles. The Bertz CT molecular complexity index is 505. The number of aryl methyl sites for hydroxylation is 1. The Morgan fingerprint density at radius 2 is 2.11 bits per heavy atom. The molecule has 19 heavy (non-hydrogen) atoms. The summed E-state index contributed by atoms with van der Waals surface area (Å²) in [5.41, 5.74) is 3.47. The van der Waals surface area contributed by atoms with Gasteiger partial charge >= 0.3 is 0 Å². The standard InChI is InChI=1S/C16H22N2S/c1-3-4-5-6-10-17-15-9-7-8-14(11-15)16-12-19-13(2)18-16/h7-9,11-12,17H,3-6,10H2,1-2H3. The van der Waals surface area contributed by atoms with E-state index in [1.807, 2.05) is 6.92 Å². The highest BCUT2D eigenvalue weighted by Gasteiger charge is 2.02. The van der Waals surface area contributed by atoms with E-state index in [0.717, 1.165) is 17.2 Å². The van der Waals surface area contributed by atoms with Crippen molar-refractivity contribution in [2.75, 3.05) is 11.9 Å². The molecule has 0 amide bonds. The van der Waals surface area contributed by atoms with Gasteiger partial charge in [0.2, 0.25) is 0 Å². The summed E-state index contributed by atoms with van der Waals surface area (Å²) in [4.78, 5) is 4.53. The Morgan fingerprint density at radius 1 is 1.21 bits per heavy atom.